The molecule has 0 radical (unpaired) electrons. The maximum Gasteiger partial charge on any atom is 0.202 e. The second kappa shape index (κ2) is 10.5. The smallest absolute Gasteiger partial charge is 0.202 e. The molecule has 1 aromatic carbocycles. The van der Waals surface area contributed by atoms with Crippen molar-refractivity contribution in [3.05, 3.63) is 57.7 Å². The van der Waals surface area contributed by atoms with Gasteiger partial charge in [0.15, 0.2) is 17.0 Å². The van der Waals surface area contributed by atoms with Gasteiger partial charge < -0.3 is 39.8 Å². The molecule has 11 heteroatoms. The first-order valence-electron chi connectivity index (χ1n) is 16.1. The summed E-state index contributed by atoms with van der Waals surface area (Å²) < 4.78 is 11.5. The van der Waals surface area contributed by atoms with E-state index in [2.05, 4.69) is 0 Å². The van der Waals surface area contributed by atoms with Crippen molar-refractivity contribution >= 4 is 22.5 Å². The molecule has 2 aromatic rings. The Morgan fingerprint density at radius 3 is 2.34 bits per heavy atom. The van der Waals surface area contributed by atoms with Crippen molar-refractivity contribution in [3.8, 4) is 11.5 Å². The number of benzene rings is 1. The number of phenols is 2. The molecule has 4 aliphatic carbocycles. The minimum atomic E-state index is -2.14. The number of carbonyl (C=O) groups excluding carboxylic acids is 2. The fourth-order valence-electron chi connectivity index (χ4n) is 10.2. The zero-order valence-corrected chi connectivity index (χ0v) is 27.5. The number of rotatable bonds is 4. The van der Waals surface area contributed by atoms with Gasteiger partial charge in [0.25, 0.3) is 0 Å². The van der Waals surface area contributed by atoms with E-state index in [1.165, 1.54) is 14.0 Å². The van der Waals surface area contributed by atoms with Gasteiger partial charge in [0.2, 0.25) is 5.78 Å². The van der Waals surface area contributed by atoms with E-state index in [0.717, 1.165) is 24.3 Å². The van der Waals surface area contributed by atoms with E-state index in [9.17, 15) is 45.0 Å². The summed E-state index contributed by atoms with van der Waals surface area (Å²) in [5, 5.41) is 68.3. The van der Waals surface area contributed by atoms with E-state index < -0.39 is 80.0 Å². The van der Waals surface area contributed by atoms with E-state index >= 15 is 0 Å². The van der Waals surface area contributed by atoms with Crippen molar-refractivity contribution < 1.29 is 49.4 Å². The quantitative estimate of drug-likeness (QED) is 0.266. The van der Waals surface area contributed by atoms with E-state index in [1.54, 1.807) is 19.9 Å². The largest absolute Gasteiger partial charge is 0.508 e. The number of phenolic OH excluding ortho intramolecular Hbond substituents is 2. The first-order valence-corrected chi connectivity index (χ1v) is 16.1. The van der Waals surface area contributed by atoms with Crippen molar-refractivity contribution in [1.29, 1.82) is 0 Å². The number of hydrogen-bond donors (Lipinski definition) is 6. The molecule has 0 bridgehead atoms. The van der Waals surface area contributed by atoms with Crippen molar-refractivity contribution in [1.82, 2.24) is 0 Å². The predicted octanol–water partition coefficient (Wildman–Crippen LogP) is 3.15. The van der Waals surface area contributed by atoms with Gasteiger partial charge in [0.05, 0.1) is 19.3 Å². The van der Waals surface area contributed by atoms with Crippen LogP contribution >= 0.6 is 0 Å². The van der Waals surface area contributed by atoms with Crippen LogP contribution in [0, 0.1) is 28.6 Å². The number of aliphatic hydroxyl groups excluding tert-OH is 2. The van der Waals surface area contributed by atoms with Gasteiger partial charge in [-0.05, 0) is 57.3 Å². The minimum absolute atomic E-state index is 0.0593. The Morgan fingerprint density at radius 2 is 1.68 bits per heavy atom. The molecular weight excluding hydrogens is 608 g/mol. The zero-order valence-electron chi connectivity index (χ0n) is 27.5. The summed E-state index contributed by atoms with van der Waals surface area (Å²) >= 11 is 0. The predicted molar refractivity (Wildman–Crippen MR) is 169 cm³/mol. The van der Waals surface area contributed by atoms with Crippen molar-refractivity contribution in [2.45, 2.75) is 95.5 Å². The number of allylic oxidation sites excluding steroid dienone is 4. The van der Waals surface area contributed by atoms with Gasteiger partial charge in [0.1, 0.15) is 44.8 Å². The van der Waals surface area contributed by atoms with Crippen LogP contribution in [-0.2, 0) is 19.7 Å². The van der Waals surface area contributed by atoms with Gasteiger partial charge in [-0.25, -0.2) is 0 Å². The van der Waals surface area contributed by atoms with Crippen LogP contribution in [0.2, 0.25) is 0 Å². The molecule has 0 aliphatic heterocycles. The molecule has 0 spiro atoms. The molecular formula is C36H44O11. The van der Waals surface area contributed by atoms with Crippen LogP contribution in [0.1, 0.15) is 72.5 Å². The molecule has 9 atom stereocenters. The molecule has 11 nitrogen and oxygen atoms in total. The Balaban J connectivity index is 1.65. The first-order chi connectivity index (χ1) is 21.8. The highest BCUT2D eigenvalue weighted by Gasteiger charge is 2.72. The molecule has 2 fully saturated rings. The van der Waals surface area contributed by atoms with Crippen molar-refractivity contribution in [2.75, 3.05) is 7.11 Å². The summed E-state index contributed by atoms with van der Waals surface area (Å²) in [6, 6.07) is 3.18. The minimum Gasteiger partial charge on any atom is -0.508 e. The average molecular weight is 653 g/mol. The number of Topliss-reactive ketones (excluding diaryl/α,β-unsaturated/α-hetero) is 1. The summed E-state index contributed by atoms with van der Waals surface area (Å²) in [6.07, 6.45) is 1.06. The summed E-state index contributed by atoms with van der Waals surface area (Å²) in [6.45, 7) is 8.82. The number of carbonyl (C=O) groups is 2. The Bertz CT molecular complexity index is 1800. The van der Waals surface area contributed by atoms with Crippen molar-refractivity contribution in [3.63, 3.8) is 0 Å². The van der Waals surface area contributed by atoms with E-state index in [1.807, 2.05) is 13.8 Å². The molecule has 47 heavy (non-hydrogen) atoms. The lowest BCUT2D eigenvalue weighted by Crippen LogP contribution is -2.76. The summed E-state index contributed by atoms with van der Waals surface area (Å²) in [5.74, 6) is -5.05. The molecule has 254 valence electrons. The monoisotopic (exact) mass is 652 g/mol. The van der Waals surface area contributed by atoms with Crippen LogP contribution < -0.4 is 5.43 Å². The molecule has 0 saturated heterocycles. The van der Waals surface area contributed by atoms with Gasteiger partial charge >= 0.3 is 0 Å². The molecule has 9 unspecified atom stereocenters. The number of ether oxygens (including phenoxy) is 1. The Kier molecular flexibility index (Phi) is 7.46. The average Bonchev–Trinajstić information content (AvgIpc) is 2.95. The fourth-order valence-corrected chi connectivity index (χ4v) is 10.2. The lowest BCUT2D eigenvalue weighted by molar-refractivity contribution is -0.316. The van der Waals surface area contributed by atoms with Gasteiger partial charge in [-0.1, -0.05) is 32.4 Å². The molecule has 6 N–H and O–H groups in total. The number of ketones is 2. The highest BCUT2D eigenvalue weighted by molar-refractivity contribution is 6.14. The molecule has 1 aromatic heterocycles. The Morgan fingerprint density at radius 1 is 1.00 bits per heavy atom. The fraction of sp³-hybridized carbons (Fsp3) is 0.583. The lowest BCUT2D eigenvalue weighted by Gasteiger charge is -2.68. The SMILES string of the molecule is COC1=CC(=O)C2(c3cc(=O)c4c(O)cc(O)cc4o3)C(CC=C(C)C2CC2(O)C(C)(O)C(O)CC3C(C)(C)CC(O)CC32C)C1=O. The van der Waals surface area contributed by atoms with Gasteiger partial charge in [-0.2, -0.15) is 0 Å². The van der Waals surface area contributed by atoms with Crippen LogP contribution in [0.4, 0.5) is 0 Å². The molecule has 2 saturated carbocycles. The third-order valence-corrected chi connectivity index (χ3v) is 12.5. The highest BCUT2D eigenvalue weighted by atomic mass is 16.5. The summed E-state index contributed by atoms with van der Waals surface area (Å²) in [5.41, 5.74) is -8.28. The van der Waals surface area contributed by atoms with E-state index in [0.29, 0.717) is 12.0 Å². The normalized spacial score (nSPS) is 39.9. The Hall–Kier alpha value is -3.51. The standard InChI is InChI=1S/C36H44O11/c1-17-7-8-20-31(43)25(46-6)12-28(42)36(20,29-11-23(40)30-22(39)9-18(37)10-24(30)47-29)21(17)16-35(45)33(4)15-19(38)14-32(2,3)26(33)13-27(41)34(35,5)44/h7,9-12,19-21,26-27,37-39,41,44-45H,8,13-16H2,1-6H3. The van der Waals surface area contributed by atoms with Crippen LogP contribution in [0.5, 0.6) is 11.5 Å². The zero-order chi connectivity index (χ0) is 34.6. The molecule has 1 heterocycles. The number of fused-ring (bicyclic) bond motifs is 3. The van der Waals surface area contributed by atoms with Gasteiger partial charge in [-0.15, -0.1) is 0 Å². The highest BCUT2D eigenvalue weighted by Crippen LogP contribution is 2.67. The summed E-state index contributed by atoms with van der Waals surface area (Å²) in [4.78, 5) is 42.3. The molecule has 6 rings (SSSR count). The number of hydrogen-bond acceptors (Lipinski definition) is 11. The third kappa shape index (κ3) is 4.35. The third-order valence-electron chi connectivity index (χ3n) is 12.5. The molecule has 0 amide bonds. The number of aromatic hydroxyl groups is 2. The first kappa shape index (κ1) is 33.4. The second-order valence-electron chi connectivity index (χ2n) is 15.4. The molecule has 4 aliphatic rings. The number of aliphatic hydroxyl groups is 4. The van der Waals surface area contributed by atoms with Gasteiger partial charge in [0, 0.05) is 41.5 Å². The second-order valence-corrected chi connectivity index (χ2v) is 15.4. The maximum atomic E-state index is 14.7. The van der Waals surface area contributed by atoms with E-state index in [-0.39, 0.29) is 54.1 Å². The van der Waals surface area contributed by atoms with Crippen LogP contribution in [-0.4, -0.2) is 72.7 Å². The Labute approximate surface area is 272 Å². The maximum absolute atomic E-state index is 14.7. The summed E-state index contributed by atoms with van der Waals surface area (Å²) in [7, 11) is 1.27. The van der Waals surface area contributed by atoms with Crippen LogP contribution in [0.25, 0.3) is 11.0 Å². The van der Waals surface area contributed by atoms with Crippen molar-refractivity contribution in [2.24, 2.45) is 28.6 Å². The van der Waals surface area contributed by atoms with Crippen LogP contribution in [0.15, 0.2) is 50.9 Å². The lowest BCUT2D eigenvalue weighted by atomic mass is 9.40. The van der Waals surface area contributed by atoms with Crippen LogP contribution in [0.3, 0.4) is 0 Å². The van der Waals surface area contributed by atoms with E-state index in [4.69, 9.17) is 9.15 Å². The topological polar surface area (TPSA) is 195 Å². The number of methoxy groups -OCH3 is 1. The van der Waals surface area contributed by atoms with Gasteiger partial charge in [-0.3, -0.25) is 14.4 Å².